The van der Waals surface area contributed by atoms with Gasteiger partial charge in [0.15, 0.2) is 0 Å². The molecule has 8 heteroatoms. The summed E-state index contributed by atoms with van der Waals surface area (Å²) >= 11 is 5.91. The summed E-state index contributed by atoms with van der Waals surface area (Å²) in [6.45, 7) is 0.0332. The lowest BCUT2D eigenvalue weighted by atomic mass is 9.85. The van der Waals surface area contributed by atoms with E-state index in [1.165, 1.54) is 6.07 Å². The maximum Gasteiger partial charge on any atom is 0.245 e. The van der Waals surface area contributed by atoms with Crippen molar-refractivity contribution in [2.75, 3.05) is 13.2 Å². The molecule has 0 heterocycles. The third-order valence-electron chi connectivity index (χ3n) is 4.33. The van der Waals surface area contributed by atoms with Crippen molar-refractivity contribution in [1.82, 2.24) is 5.48 Å². The highest BCUT2D eigenvalue weighted by Gasteiger charge is 2.29. The minimum atomic E-state index is -0.811. The molecule has 2 aromatic rings. The number of aliphatic hydroxyl groups is 1. The van der Waals surface area contributed by atoms with E-state index in [0.29, 0.717) is 17.9 Å². The molecule has 0 aliphatic heterocycles. The summed E-state index contributed by atoms with van der Waals surface area (Å²) in [7, 11) is 0. The minimum Gasteiger partial charge on any atom is -0.396 e. The van der Waals surface area contributed by atoms with Gasteiger partial charge in [0.2, 0.25) is 5.91 Å². The number of hydrogen-bond donors (Lipinski definition) is 3. The van der Waals surface area contributed by atoms with Gasteiger partial charge in [-0.3, -0.25) is 10.0 Å². The van der Waals surface area contributed by atoms with Gasteiger partial charge in [0.05, 0.1) is 12.5 Å². The van der Waals surface area contributed by atoms with E-state index in [-0.39, 0.29) is 25.2 Å². The summed E-state index contributed by atoms with van der Waals surface area (Å²) < 4.78 is 33.6. The van der Waals surface area contributed by atoms with Crippen LogP contribution in [0.5, 0.6) is 0 Å². The third kappa shape index (κ3) is 6.53. The molecule has 2 atom stereocenters. The van der Waals surface area contributed by atoms with Gasteiger partial charge in [0.1, 0.15) is 11.6 Å². The zero-order valence-corrected chi connectivity index (χ0v) is 15.8. The number of carbonyl (C=O) groups is 1. The Kier molecular flexibility index (Phi) is 8.79. The van der Waals surface area contributed by atoms with Gasteiger partial charge in [0, 0.05) is 30.2 Å². The Morgan fingerprint density at radius 3 is 2.50 bits per heavy atom. The van der Waals surface area contributed by atoms with E-state index in [2.05, 4.69) is 0 Å². The van der Waals surface area contributed by atoms with Crippen molar-refractivity contribution >= 4 is 17.5 Å². The van der Waals surface area contributed by atoms with Crippen LogP contribution in [0, 0.1) is 11.6 Å². The summed E-state index contributed by atoms with van der Waals surface area (Å²) in [5.74, 6) is -2.80. The number of nitrogens with one attached hydrogen (secondary N) is 1. The maximum absolute atomic E-state index is 14.5. The highest BCUT2D eigenvalue weighted by Crippen LogP contribution is 2.31. The van der Waals surface area contributed by atoms with E-state index in [1.54, 1.807) is 29.7 Å². The molecule has 5 nitrogen and oxygen atoms in total. The normalized spacial score (nSPS) is 13.2. The van der Waals surface area contributed by atoms with Gasteiger partial charge in [-0.05, 0) is 42.2 Å². The molecule has 3 N–H and O–H groups in total. The molecule has 2 rings (SSSR count). The van der Waals surface area contributed by atoms with Gasteiger partial charge >= 0.3 is 0 Å². The molecule has 0 saturated heterocycles. The van der Waals surface area contributed by atoms with E-state index >= 15 is 0 Å². The Labute approximate surface area is 166 Å². The number of hydrogen-bond acceptors (Lipinski definition) is 4. The zero-order chi connectivity index (χ0) is 20.5. The van der Waals surface area contributed by atoms with Crippen molar-refractivity contribution < 1.29 is 28.6 Å². The fourth-order valence-corrected chi connectivity index (χ4v) is 3.09. The maximum atomic E-state index is 14.5. The quantitative estimate of drug-likeness (QED) is 0.316. The predicted octanol–water partition coefficient (Wildman–Crippen LogP) is 3.61. The Morgan fingerprint density at radius 2 is 1.89 bits per heavy atom. The second-order valence-corrected chi connectivity index (χ2v) is 6.76. The molecule has 1 unspecified atom stereocenters. The lowest BCUT2D eigenvalue weighted by Gasteiger charge is -2.28. The number of amides is 1. The van der Waals surface area contributed by atoms with Crippen LogP contribution in [-0.2, 0) is 16.0 Å². The molecule has 0 fully saturated rings. The molecule has 1 amide bonds. The molecule has 0 aliphatic carbocycles. The Balaban J connectivity index is 2.38. The van der Waals surface area contributed by atoms with E-state index in [0.717, 1.165) is 17.7 Å². The second kappa shape index (κ2) is 11.1. The molecule has 0 bridgehead atoms. The van der Waals surface area contributed by atoms with E-state index in [4.69, 9.17) is 26.7 Å². The topological polar surface area (TPSA) is 78.8 Å². The number of halogens is 3. The highest BCUT2D eigenvalue weighted by molar-refractivity contribution is 6.30. The summed E-state index contributed by atoms with van der Waals surface area (Å²) in [5.41, 5.74) is 2.56. The Bertz CT molecular complexity index is 773. The van der Waals surface area contributed by atoms with E-state index in [1.807, 2.05) is 0 Å². The number of benzene rings is 2. The molecule has 0 aromatic heterocycles. The SMILES string of the molecule is O=C(C[C@@H](OCCCO)C(Cc1ccc(Cl)cc1)c1ccc(F)cc1F)NO. The first-order valence-electron chi connectivity index (χ1n) is 8.79. The molecule has 152 valence electrons. The van der Waals surface area contributed by atoms with Crippen LogP contribution in [-0.4, -0.2) is 35.5 Å². The number of carbonyl (C=O) groups excluding carboxylic acids is 1. The van der Waals surface area contributed by atoms with Gasteiger partial charge < -0.3 is 9.84 Å². The van der Waals surface area contributed by atoms with Crippen molar-refractivity contribution in [3.63, 3.8) is 0 Å². The van der Waals surface area contributed by atoms with Crippen molar-refractivity contribution in [1.29, 1.82) is 0 Å². The molecule has 2 aromatic carbocycles. The lowest BCUT2D eigenvalue weighted by molar-refractivity contribution is -0.132. The van der Waals surface area contributed by atoms with Gasteiger partial charge in [-0.1, -0.05) is 29.8 Å². The molecular formula is C20H22ClF2NO4. The first-order chi connectivity index (χ1) is 13.4. The molecule has 0 spiro atoms. The van der Waals surface area contributed by atoms with Gasteiger partial charge in [-0.15, -0.1) is 0 Å². The van der Waals surface area contributed by atoms with Gasteiger partial charge in [-0.2, -0.15) is 0 Å². The second-order valence-electron chi connectivity index (χ2n) is 6.33. The van der Waals surface area contributed by atoms with Crippen molar-refractivity contribution in [3.05, 3.63) is 70.2 Å². The summed E-state index contributed by atoms with van der Waals surface area (Å²) in [6.07, 6.45) is -0.426. The molecule has 0 radical (unpaired) electrons. The van der Waals surface area contributed by atoms with Crippen molar-refractivity contribution in [2.45, 2.75) is 31.3 Å². The van der Waals surface area contributed by atoms with Crippen LogP contribution < -0.4 is 5.48 Å². The predicted molar refractivity (Wildman–Crippen MR) is 100 cm³/mol. The molecule has 0 aliphatic rings. The fraction of sp³-hybridized carbons (Fsp3) is 0.350. The Morgan fingerprint density at radius 1 is 1.18 bits per heavy atom. The zero-order valence-electron chi connectivity index (χ0n) is 15.1. The van der Waals surface area contributed by atoms with Crippen LogP contribution in [0.25, 0.3) is 0 Å². The number of rotatable bonds is 10. The van der Waals surface area contributed by atoms with Crippen LogP contribution >= 0.6 is 11.6 Å². The van der Waals surface area contributed by atoms with Crippen LogP contribution in [0.15, 0.2) is 42.5 Å². The smallest absolute Gasteiger partial charge is 0.245 e. The molecule has 0 saturated carbocycles. The number of hydroxylamine groups is 1. The highest BCUT2D eigenvalue weighted by atomic mass is 35.5. The Hall–Kier alpha value is -2.06. The minimum absolute atomic E-state index is 0.105. The van der Waals surface area contributed by atoms with Crippen LogP contribution in [0.4, 0.5) is 8.78 Å². The number of ether oxygens (including phenoxy) is 1. The third-order valence-corrected chi connectivity index (χ3v) is 4.58. The lowest BCUT2D eigenvalue weighted by Crippen LogP contribution is -2.32. The first-order valence-corrected chi connectivity index (χ1v) is 9.17. The van der Waals surface area contributed by atoms with Crippen molar-refractivity contribution in [3.8, 4) is 0 Å². The summed E-state index contributed by atoms with van der Waals surface area (Å²) in [4.78, 5) is 11.8. The first kappa shape index (κ1) is 22.2. The number of aliphatic hydroxyl groups excluding tert-OH is 1. The van der Waals surface area contributed by atoms with Crippen molar-refractivity contribution in [2.24, 2.45) is 0 Å². The van der Waals surface area contributed by atoms with Gasteiger partial charge in [-0.25, -0.2) is 14.3 Å². The van der Waals surface area contributed by atoms with Crippen LogP contribution in [0.1, 0.15) is 29.9 Å². The van der Waals surface area contributed by atoms with Crippen LogP contribution in [0.3, 0.4) is 0 Å². The standard InChI is InChI=1S/C20H22ClF2NO4/c21-14-4-2-13(3-5-14)10-17(16-7-6-15(22)11-18(16)23)19(12-20(26)24-27)28-9-1-8-25/h2-7,11,17,19,25,27H,1,8-10,12H2,(H,24,26)/t17?,19-/m1/s1. The van der Waals surface area contributed by atoms with E-state index < -0.39 is 29.6 Å². The largest absolute Gasteiger partial charge is 0.396 e. The summed E-state index contributed by atoms with van der Waals surface area (Å²) in [5, 5.41) is 18.4. The van der Waals surface area contributed by atoms with E-state index in [9.17, 15) is 13.6 Å². The average molecular weight is 414 g/mol. The van der Waals surface area contributed by atoms with Gasteiger partial charge in [0.25, 0.3) is 0 Å². The van der Waals surface area contributed by atoms with Crippen LogP contribution in [0.2, 0.25) is 5.02 Å². The molecule has 28 heavy (non-hydrogen) atoms. The molecular weight excluding hydrogens is 392 g/mol. The summed E-state index contributed by atoms with van der Waals surface area (Å²) in [6, 6.07) is 10.2. The fourth-order valence-electron chi connectivity index (χ4n) is 2.96. The average Bonchev–Trinajstić information content (AvgIpc) is 2.67. The monoisotopic (exact) mass is 413 g/mol.